The van der Waals surface area contributed by atoms with Gasteiger partial charge in [0.15, 0.2) is 0 Å². The second-order valence-electron chi connectivity index (χ2n) is 5.85. The molecule has 0 aliphatic heterocycles. The van der Waals surface area contributed by atoms with Gasteiger partial charge in [-0.05, 0) is 39.3 Å². The molecule has 0 aromatic heterocycles. The van der Waals surface area contributed by atoms with Crippen molar-refractivity contribution in [3.63, 3.8) is 0 Å². The molecule has 0 radical (unpaired) electrons. The minimum Gasteiger partial charge on any atom is -0.329 e. The summed E-state index contributed by atoms with van der Waals surface area (Å²) in [6.45, 7) is 12.3. The van der Waals surface area contributed by atoms with Gasteiger partial charge in [-0.3, -0.25) is 4.90 Å². The van der Waals surface area contributed by atoms with Crippen molar-refractivity contribution >= 4 is 0 Å². The van der Waals surface area contributed by atoms with Crippen LogP contribution in [0.25, 0.3) is 0 Å². The Morgan fingerprint density at radius 1 is 0.833 bits per heavy atom. The van der Waals surface area contributed by atoms with E-state index in [1.807, 2.05) is 0 Å². The Balaban J connectivity index is 4.18. The van der Waals surface area contributed by atoms with Gasteiger partial charge in [-0.2, -0.15) is 0 Å². The number of nitrogens with zero attached hydrogens (tertiary/aromatic N) is 1. The lowest BCUT2D eigenvalue weighted by atomic mass is 9.91. The lowest BCUT2D eigenvalue weighted by Gasteiger charge is -2.41. The highest BCUT2D eigenvalue weighted by Gasteiger charge is 2.28. The van der Waals surface area contributed by atoms with E-state index in [2.05, 4.69) is 32.6 Å². The zero-order valence-corrected chi connectivity index (χ0v) is 13.3. The maximum absolute atomic E-state index is 6.07. The predicted octanol–water partition coefficient (Wildman–Crippen LogP) is 4.19. The van der Waals surface area contributed by atoms with Crippen molar-refractivity contribution in [1.82, 2.24) is 4.90 Å². The van der Waals surface area contributed by atoms with Crippen LogP contribution in [0.4, 0.5) is 0 Å². The van der Waals surface area contributed by atoms with Crippen LogP contribution in [0.15, 0.2) is 0 Å². The van der Waals surface area contributed by atoms with Gasteiger partial charge in [0.2, 0.25) is 0 Å². The zero-order valence-electron chi connectivity index (χ0n) is 13.3. The molecule has 0 saturated heterocycles. The van der Waals surface area contributed by atoms with E-state index in [1.165, 1.54) is 64.5 Å². The molecule has 0 aromatic rings. The van der Waals surface area contributed by atoms with Crippen molar-refractivity contribution in [2.24, 2.45) is 5.73 Å². The van der Waals surface area contributed by atoms with E-state index in [-0.39, 0.29) is 5.54 Å². The van der Waals surface area contributed by atoms with E-state index in [0.29, 0.717) is 0 Å². The average molecular weight is 256 g/mol. The van der Waals surface area contributed by atoms with Crippen LogP contribution in [0.5, 0.6) is 0 Å². The monoisotopic (exact) mass is 256 g/mol. The molecule has 0 aliphatic carbocycles. The van der Waals surface area contributed by atoms with Gasteiger partial charge in [0.1, 0.15) is 0 Å². The number of hydrogen-bond donors (Lipinski definition) is 1. The van der Waals surface area contributed by atoms with Crippen molar-refractivity contribution in [1.29, 1.82) is 0 Å². The summed E-state index contributed by atoms with van der Waals surface area (Å²) in [4.78, 5) is 2.62. The van der Waals surface area contributed by atoms with Crippen LogP contribution in [-0.4, -0.2) is 30.1 Å². The van der Waals surface area contributed by atoms with Gasteiger partial charge in [0.05, 0.1) is 0 Å². The molecule has 0 bridgehead atoms. The Hall–Kier alpha value is -0.0800. The van der Waals surface area contributed by atoms with E-state index in [9.17, 15) is 0 Å². The summed E-state index contributed by atoms with van der Waals surface area (Å²) in [7, 11) is 0. The van der Waals surface area contributed by atoms with Gasteiger partial charge in [-0.25, -0.2) is 0 Å². The Bertz CT molecular complexity index is 176. The molecule has 0 aliphatic rings. The SMILES string of the molecule is CCCCCCCC(C)(CN)N(CCC)CCC. The number of hydrogen-bond acceptors (Lipinski definition) is 2. The minimum atomic E-state index is 0.220. The first-order chi connectivity index (χ1) is 8.64. The van der Waals surface area contributed by atoms with E-state index < -0.39 is 0 Å². The molecule has 0 spiro atoms. The molecule has 2 nitrogen and oxygen atoms in total. The molecule has 0 heterocycles. The summed E-state index contributed by atoms with van der Waals surface area (Å²) in [6.07, 6.45) is 10.5. The Morgan fingerprint density at radius 2 is 1.39 bits per heavy atom. The third kappa shape index (κ3) is 6.75. The van der Waals surface area contributed by atoms with Crippen LogP contribution >= 0.6 is 0 Å². The molecular weight excluding hydrogens is 220 g/mol. The summed E-state index contributed by atoms with van der Waals surface area (Å²) < 4.78 is 0. The minimum absolute atomic E-state index is 0.220. The lowest BCUT2D eigenvalue weighted by Crippen LogP contribution is -2.52. The van der Waals surface area contributed by atoms with Gasteiger partial charge < -0.3 is 5.73 Å². The topological polar surface area (TPSA) is 29.3 Å². The Labute approximate surface area is 115 Å². The molecule has 0 saturated carbocycles. The van der Waals surface area contributed by atoms with E-state index in [4.69, 9.17) is 5.73 Å². The molecule has 0 rings (SSSR count). The molecular formula is C16H36N2. The van der Waals surface area contributed by atoms with E-state index in [0.717, 1.165) is 6.54 Å². The number of unbranched alkanes of at least 4 members (excludes halogenated alkanes) is 4. The van der Waals surface area contributed by atoms with Crippen LogP contribution in [0.1, 0.15) is 79.1 Å². The van der Waals surface area contributed by atoms with Crippen LogP contribution in [-0.2, 0) is 0 Å². The first-order valence-corrected chi connectivity index (χ1v) is 8.09. The highest BCUT2D eigenvalue weighted by molar-refractivity contribution is 4.87. The summed E-state index contributed by atoms with van der Waals surface area (Å²) in [5.41, 5.74) is 6.29. The molecule has 0 aromatic carbocycles. The highest BCUT2D eigenvalue weighted by atomic mass is 15.2. The van der Waals surface area contributed by atoms with Crippen LogP contribution in [0.2, 0.25) is 0 Å². The molecule has 0 amide bonds. The van der Waals surface area contributed by atoms with Gasteiger partial charge >= 0.3 is 0 Å². The molecule has 1 atom stereocenters. The largest absolute Gasteiger partial charge is 0.329 e. The Kier molecular flexibility index (Phi) is 10.8. The van der Waals surface area contributed by atoms with Crippen molar-refractivity contribution < 1.29 is 0 Å². The van der Waals surface area contributed by atoms with Crippen molar-refractivity contribution in [3.8, 4) is 0 Å². The predicted molar refractivity (Wildman–Crippen MR) is 83.0 cm³/mol. The van der Waals surface area contributed by atoms with Gasteiger partial charge in [-0.15, -0.1) is 0 Å². The first kappa shape index (κ1) is 17.9. The van der Waals surface area contributed by atoms with Gasteiger partial charge in [0.25, 0.3) is 0 Å². The smallest absolute Gasteiger partial charge is 0.0303 e. The standard InChI is InChI=1S/C16H36N2/c1-5-8-9-10-11-12-16(4,15-17)18(13-6-2)14-7-3/h5-15,17H2,1-4H3. The molecule has 1 unspecified atom stereocenters. The molecule has 2 heteroatoms. The fourth-order valence-electron chi connectivity index (χ4n) is 2.69. The van der Waals surface area contributed by atoms with Crippen LogP contribution in [0, 0.1) is 0 Å². The molecule has 110 valence electrons. The molecule has 0 fully saturated rings. The van der Waals surface area contributed by atoms with E-state index >= 15 is 0 Å². The lowest BCUT2D eigenvalue weighted by molar-refractivity contribution is 0.0980. The third-order valence-electron chi connectivity index (χ3n) is 4.01. The maximum atomic E-state index is 6.07. The van der Waals surface area contributed by atoms with Crippen molar-refractivity contribution in [3.05, 3.63) is 0 Å². The zero-order chi connectivity index (χ0) is 13.9. The fourth-order valence-corrected chi connectivity index (χ4v) is 2.69. The fraction of sp³-hybridized carbons (Fsp3) is 1.00. The van der Waals surface area contributed by atoms with Crippen LogP contribution < -0.4 is 5.73 Å². The number of nitrogens with two attached hydrogens (primary N) is 1. The van der Waals surface area contributed by atoms with Crippen LogP contribution in [0.3, 0.4) is 0 Å². The number of rotatable bonds is 12. The summed E-state index contributed by atoms with van der Waals surface area (Å²) in [5, 5.41) is 0. The van der Waals surface area contributed by atoms with Crippen molar-refractivity contribution in [2.45, 2.75) is 84.6 Å². The molecule has 18 heavy (non-hydrogen) atoms. The van der Waals surface area contributed by atoms with Gasteiger partial charge in [-0.1, -0.05) is 52.9 Å². The molecule has 2 N–H and O–H groups in total. The normalized spacial score (nSPS) is 15.0. The second kappa shape index (κ2) is 10.8. The van der Waals surface area contributed by atoms with Crippen molar-refractivity contribution in [2.75, 3.05) is 19.6 Å². The third-order valence-corrected chi connectivity index (χ3v) is 4.01. The summed E-state index contributed by atoms with van der Waals surface area (Å²) in [6, 6.07) is 0. The van der Waals surface area contributed by atoms with E-state index in [1.54, 1.807) is 0 Å². The summed E-state index contributed by atoms with van der Waals surface area (Å²) in [5.74, 6) is 0. The Morgan fingerprint density at radius 3 is 1.83 bits per heavy atom. The quantitative estimate of drug-likeness (QED) is 0.531. The summed E-state index contributed by atoms with van der Waals surface area (Å²) >= 11 is 0. The first-order valence-electron chi connectivity index (χ1n) is 8.09. The maximum Gasteiger partial charge on any atom is 0.0303 e. The second-order valence-corrected chi connectivity index (χ2v) is 5.85. The average Bonchev–Trinajstić information content (AvgIpc) is 2.38. The van der Waals surface area contributed by atoms with Gasteiger partial charge in [0, 0.05) is 12.1 Å². The highest BCUT2D eigenvalue weighted by Crippen LogP contribution is 2.23.